The van der Waals surface area contributed by atoms with E-state index in [0.717, 1.165) is 64.0 Å². The number of amides is 1. The Bertz CT molecular complexity index is 430. The Labute approximate surface area is 133 Å². The molecule has 2 rings (SSSR count). The van der Waals surface area contributed by atoms with E-state index in [4.69, 9.17) is 5.73 Å². The number of hydrogen-bond acceptors (Lipinski definition) is 4. The van der Waals surface area contributed by atoms with E-state index in [1.54, 1.807) is 0 Å². The van der Waals surface area contributed by atoms with Crippen molar-refractivity contribution in [2.75, 3.05) is 24.5 Å². The van der Waals surface area contributed by atoms with E-state index in [1.807, 2.05) is 24.4 Å². The fraction of sp³-hybridized carbons (Fsp3) is 0.647. The van der Waals surface area contributed by atoms with Crippen LogP contribution in [0.3, 0.4) is 0 Å². The van der Waals surface area contributed by atoms with Crippen LogP contribution in [0.25, 0.3) is 0 Å². The van der Waals surface area contributed by atoms with E-state index >= 15 is 0 Å². The summed E-state index contributed by atoms with van der Waals surface area (Å²) in [6.07, 6.45) is 8.73. The number of pyridine rings is 1. The molecule has 22 heavy (non-hydrogen) atoms. The first-order valence-corrected chi connectivity index (χ1v) is 8.45. The summed E-state index contributed by atoms with van der Waals surface area (Å²) in [5.74, 6) is 1.23. The van der Waals surface area contributed by atoms with Crippen LogP contribution < -0.4 is 16.0 Å². The monoisotopic (exact) mass is 304 g/mol. The van der Waals surface area contributed by atoms with Crippen molar-refractivity contribution in [1.82, 2.24) is 10.3 Å². The van der Waals surface area contributed by atoms with Crippen molar-refractivity contribution in [3.05, 3.63) is 24.4 Å². The van der Waals surface area contributed by atoms with E-state index in [2.05, 4.69) is 15.2 Å². The van der Waals surface area contributed by atoms with Gasteiger partial charge < -0.3 is 16.0 Å². The Balaban J connectivity index is 1.62. The first-order chi connectivity index (χ1) is 10.8. The minimum absolute atomic E-state index is 0.198. The van der Waals surface area contributed by atoms with Gasteiger partial charge in [0.05, 0.1) is 0 Å². The van der Waals surface area contributed by atoms with Crippen molar-refractivity contribution in [1.29, 1.82) is 0 Å². The predicted octanol–water partition coefficient (Wildman–Crippen LogP) is 2.08. The molecule has 2 heterocycles. The Hall–Kier alpha value is -1.62. The van der Waals surface area contributed by atoms with Crippen LogP contribution in [-0.4, -0.2) is 36.6 Å². The molecule has 0 atom stereocenters. The molecule has 5 nitrogen and oxygen atoms in total. The average molecular weight is 304 g/mol. The number of carbonyl (C=O) groups excluding carboxylic acids is 1. The van der Waals surface area contributed by atoms with Gasteiger partial charge in [-0.3, -0.25) is 4.79 Å². The fourth-order valence-corrected chi connectivity index (χ4v) is 2.88. The van der Waals surface area contributed by atoms with Gasteiger partial charge in [-0.25, -0.2) is 4.98 Å². The van der Waals surface area contributed by atoms with Crippen molar-refractivity contribution in [2.24, 2.45) is 5.73 Å². The van der Waals surface area contributed by atoms with Gasteiger partial charge in [0.2, 0.25) is 5.91 Å². The zero-order valence-corrected chi connectivity index (χ0v) is 13.3. The van der Waals surface area contributed by atoms with Crippen molar-refractivity contribution in [3.63, 3.8) is 0 Å². The lowest BCUT2D eigenvalue weighted by atomic mass is 10.0. The van der Waals surface area contributed by atoms with E-state index < -0.39 is 0 Å². The van der Waals surface area contributed by atoms with Crippen LogP contribution in [0, 0.1) is 0 Å². The number of nitrogens with two attached hydrogens (primary N) is 1. The third-order valence-electron chi connectivity index (χ3n) is 4.19. The quantitative estimate of drug-likeness (QED) is 0.721. The lowest BCUT2D eigenvalue weighted by Gasteiger charge is -2.33. The Morgan fingerprint density at radius 2 is 2.00 bits per heavy atom. The minimum Gasteiger partial charge on any atom is -0.356 e. The molecule has 1 amide bonds. The van der Waals surface area contributed by atoms with E-state index in [0.29, 0.717) is 12.5 Å². The summed E-state index contributed by atoms with van der Waals surface area (Å²) in [5, 5.41) is 3.17. The minimum atomic E-state index is 0.198. The molecule has 1 saturated heterocycles. The molecular formula is C17H28N4O. The molecule has 0 radical (unpaired) electrons. The number of nitrogens with one attached hydrogen (secondary N) is 1. The molecule has 1 aliphatic heterocycles. The van der Waals surface area contributed by atoms with Crippen molar-refractivity contribution >= 4 is 11.7 Å². The van der Waals surface area contributed by atoms with Crippen molar-refractivity contribution in [2.45, 2.75) is 51.0 Å². The second-order valence-electron chi connectivity index (χ2n) is 5.97. The van der Waals surface area contributed by atoms with Gasteiger partial charge in [-0.05, 0) is 44.4 Å². The number of carbonyl (C=O) groups is 1. The van der Waals surface area contributed by atoms with Crippen LogP contribution in [0.1, 0.15) is 44.9 Å². The predicted molar refractivity (Wildman–Crippen MR) is 89.8 cm³/mol. The molecule has 1 aromatic heterocycles. The van der Waals surface area contributed by atoms with Crippen molar-refractivity contribution in [3.8, 4) is 0 Å². The number of rotatable bonds is 8. The van der Waals surface area contributed by atoms with E-state index in [1.165, 1.54) is 0 Å². The maximum atomic E-state index is 11.9. The van der Waals surface area contributed by atoms with Crippen LogP contribution >= 0.6 is 0 Å². The molecule has 122 valence electrons. The summed E-state index contributed by atoms with van der Waals surface area (Å²) >= 11 is 0. The van der Waals surface area contributed by atoms with Gasteiger partial charge in [-0.15, -0.1) is 0 Å². The highest BCUT2D eigenvalue weighted by Crippen LogP contribution is 2.17. The highest BCUT2D eigenvalue weighted by molar-refractivity contribution is 5.76. The SMILES string of the molecule is NCCCCCCC(=O)NC1CCN(c2ccccn2)CC1. The number of aromatic nitrogens is 1. The summed E-state index contributed by atoms with van der Waals surface area (Å²) in [4.78, 5) is 18.6. The largest absolute Gasteiger partial charge is 0.356 e. The molecule has 0 unspecified atom stereocenters. The molecule has 0 aromatic carbocycles. The number of hydrogen-bond donors (Lipinski definition) is 2. The summed E-state index contributed by atoms with van der Waals surface area (Å²) < 4.78 is 0. The smallest absolute Gasteiger partial charge is 0.220 e. The maximum absolute atomic E-state index is 11.9. The van der Waals surface area contributed by atoms with Gasteiger partial charge in [0, 0.05) is 31.7 Å². The van der Waals surface area contributed by atoms with Crippen molar-refractivity contribution < 1.29 is 4.79 Å². The van der Waals surface area contributed by atoms with Crippen LogP contribution in [0.5, 0.6) is 0 Å². The van der Waals surface area contributed by atoms with Crippen LogP contribution in [0.4, 0.5) is 5.82 Å². The highest BCUT2D eigenvalue weighted by Gasteiger charge is 2.21. The second-order valence-corrected chi connectivity index (χ2v) is 5.97. The third-order valence-corrected chi connectivity index (χ3v) is 4.19. The molecular weight excluding hydrogens is 276 g/mol. The molecule has 3 N–H and O–H groups in total. The zero-order chi connectivity index (χ0) is 15.6. The molecule has 0 spiro atoms. The standard InChI is InChI=1S/C17H28N4O/c18-11-5-2-1-3-8-17(22)20-15-9-13-21(14-10-15)16-7-4-6-12-19-16/h4,6-7,12,15H,1-3,5,8-11,13-14,18H2,(H,20,22). The number of anilines is 1. The molecule has 1 fully saturated rings. The molecule has 0 saturated carbocycles. The Kier molecular flexibility index (Phi) is 7.16. The van der Waals surface area contributed by atoms with Gasteiger partial charge in [-0.2, -0.15) is 0 Å². The van der Waals surface area contributed by atoms with Crippen LogP contribution in [0.15, 0.2) is 24.4 Å². The summed E-state index contributed by atoms with van der Waals surface area (Å²) in [5.41, 5.74) is 5.46. The first-order valence-electron chi connectivity index (χ1n) is 8.45. The van der Waals surface area contributed by atoms with Gasteiger partial charge in [0.25, 0.3) is 0 Å². The van der Waals surface area contributed by atoms with Crippen LogP contribution in [0.2, 0.25) is 0 Å². The van der Waals surface area contributed by atoms with Gasteiger partial charge in [0.15, 0.2) is 0 Å². The van der Waals surface area contributed by atoms with Gasteiger partial charge >= 0.3 is 0 Å². The first kappa shape index (κ1) is 16.7. The number of nitrogens with zero attached hydrogens (tertiary/aromatic N) is 2. The van der Waals surface area contributed by atoms with Crippen LogP contribution in [-0.2, 0) is 4.79 Å². The Morgan fingerprint density at radius 1 is 1.23 bits per heavy atom. The summed E-state index contributed by atoms with van der Waals surface area (Å²) in [6.45, 7) is 2.66. The highest BCUT2D eigenvalue weighted by atomic mass is 16.1. The topological polar surface area (TPSA) is 71.2 Å². The normalized spacial score (nSPS) is 15.8. The third kappa shape index (κ3) is 5.64. The zero-order valence-electron chi connectivity index (χ0n) is 13.3. The molecule has 0 aliphatic carbocycles. The number of piperidine rings is 1. The fourth-order valence-electron chi connectivity index (χ4n) is 2.88. The summed E-state index contributed by atoms with van der Waals surface area (Å²) in [6, 6.07) is 6.31. The summed E-state index contributed by atoms with van der Waals surface area (Å²) in [7, 11) is 0. The Morgan fingerprint density at radius 3 is 2.68 bits per heavy atom. The van der Waals surface area contributed by atoms with E-state index in [9.17, 15) is 4.79 Å². The van der Waals surface area contributed by atoms with Gasteiger partial charge in [-0.1, -0.05) is 18.9 Å². The average Bonchev–Trinajstić information content (AvgIpc) is 2.56. The lowest BCUT2D eigenvalue weighted by Crippen LogP contribution is -2.44. The molecule has 1 aromatic rings. The molecule has 5 heteroatoms. The second kappa shape index (κ2) is 9.41. The van der Waals surface area contributed by atoms with E-state index in [-0.39, 0.29) is 5.91 Å². The van der Waals surface area contributed by atoms with Gasteiger partial charge in [0.1, 0.15) is 5.82 Å². The number of unbranched alkanes of at least 4 members (excludes halogenated alkanes) is 3. The molecule has 0 bridgehead atoms. The maximum Gasteiger partial charge on any atom is 0.220 e. The lowest BCUT2D eigenvalue weighted by molar-refractivity contribution is -0.122. The molecule has 1 aliphatic rings.